The van der Waals surface area contributed by atoms with Gasteiger partial charge in [0.05, 0.1) is 14.2 Å². The number of anilines is 1. The molecule has 0 aromatic heterocycles. The molecule has 0 aliphatic carbocycles. The smallest absolute Gasteiger partial charge is 0.247 e. The fourth-order valence-electron chi connectivity index (χ4n) is 1.11. The Balaban J connectivity index is 2.92. The fourth-order valence-corrected chi connectivity index (χ4v) is 1.11. The van der Waals surface area contributed by atoms with Gasteiger partial charge in [0.2, 0.25) is 5.91 Å². The van der Waals surface area contributed by atoms with Crippen LogP contribution >= 0.6 is 0 Å². The van der Waals surface area contributed by atoms with Gasteiger partial charge < -0.3 is 14.8 Å². The van der Waals surface area contributed by atoms with Crippen molar-refractivity contribution in [2.75, 3.05) is 19.5 Å². The third-order valence-electron chi connectivity index (χ3n) is 1.84. The molecule has 1 N–H and O–H groups in total. The Labute approximate surface area is 88.5 Å². The number of hydrogen-bond donors (Lipinski definition) is 1. The molecule has 0 fully saturated rings. The minimum atomic E-state index is -0.262. The lowest BCUT2D eigenvalue weighted by Gasteiger charge is -2.09. The van der Waals surface area contributed by atoms with E-state index in [9.17, 15) is 4.79 Å². The minimum Gasteiger partial charge on any atom is -0.493 e. The number of methoxy groups -OCH3 is 2. The summed E-state index contributed by atoms with van der Waals surface area (Å²) in [5.74, 6) is 0.927. The van der Waals surface area contributed by atoms with Gasteiger partial charge in [0, 0.05) is 11.8 Å². The molecular formula is C11H13NO3. The van der Waals surface area contributed by atoms with E-state index < -0.39 is 0 Å². The van der Waals surface area contributed by atoms with Crippen molar-refractivity contribution in [3.05, 3.63) is 30.9 Å². The summed E-state index contributed by atoms with van der Waals surface area (Å²) in [7, 11) is 3.09. The van der Waals surface area contributed by atoms with E-state index in [-0.39, 0.29) is 5.91 Å². The van der Waals surface area contributed by atoms with Crippen LogP contribution in [0.3, 0.4) is 0 Å². The van der Waals surface area contributed by atoms with Crippen LogP contribution in [0.25, 0.3) is 0 Å². The molecule has 0 saturated heterocycles. The molecule has 0 aliphatic heterocycles. The van der Waals surface area contributed by atoms with Gasteiger partial charge in [-0.2, -0.15) is 0 Å². The number of hydrogen-bond acceptors (Lipinski definition) is 3. The first-order valence-electron chi connectivity index (χ1n) is 4.36. The van der Waals surface area contributed by atoms with Crippen molar-refractivity contribution in [2.24, 2.45) is 0 Å². The monoisotopic (exact) mass is 207 g/mol. The Morgan fingerprint density at radius 1 is 1.33 bits per heavy atom. The van der Waals surface area contributed by atoms with E-state index in [1.165, 1.54) is 13.2 Å². The van der Waals surface area contributed by atoms with E-state index in [4.69, 9.17) is 9.47 Å². The molecule has 0 aliphatic rings. The first-order chi connectivity index (χ1) is 7.21. The highest BCUT2D eigenvalue weighted by Crippen LogP contribution is 2.29. The van der Waals surface area contributed by atoms with Crippen LogP contribution in [0.5, 0.6) is 11.5 Å². The standard InChI is InChI=1S/C11H13NO3/c1-4-11(13)12-8-5-6-9(14-2)10(7-8)15-3/h4-7H,1H2,2-3H3,(H,12,13). The third kappa shape index (κ3) is 2.74. The molecule has 1 aromatic carbocycles. The van der Waals surface area contributed by atoms with Crippen molar-refractivity contribution in [3.63, 3.8) is 0 Å². The van der Waals surface area contributed by atoms with Crippen LogP contribution in [-0.2, 0) is 4.79 Å². The van der Waals surface area contributed by atoms with Crippen LogP contribution in [0.15, 0.2) is 30.9 Å². The molecule has 0 radical (unpaired) electrons. The molecule has 1 aromatic rings. The second-order valence-corrected chi connectivity index (χ2v) is 2.76. The molecule has 4 heteroatoms. The molecular weight excluding hydrogens is 194 g/mol. The SMILES string of the molecule is C=CC(=O)Nc1ccc(OC)c(OC)c1. The molecule has 4 nitrogen and oxygen atoms in total. The number of nitrogens with one attached hydrogen (secondary N) is 1. The van der Waals surface area contributed by atoms with Crippen molar-refractivity contribution in [2.45, 2.75) is 0 Å². The molecule has 0 atom stereocenters. The highest BCUT2D eigenvalue weighted by molar-refractivity contribution is 5.99. The fraction of sp³-hybridized carbons (Fsp3) is 0.182. The maximum absolute atomic E-state index is 11.0. The number of carbonyl (C=O) groups is 1. The first-order valence-corrected chi connectivity index (χ1v) is 4.36. The quantitative estimate of drug-likeness (QED) is 0.766. The lowest BCUT2D eigenvalue weighted by Crippen LogP contribution is -2.07. The van der Waals surface area contributed by atoms with Crippen LogP contribution in [0.1, 0.15) is 0 Å². The Morgan fingerprint density at radius 3 is 2.53 bits per heavy atom. The highest BCUT2D eigenvalue weighted by Gasteiger charge is 2.05. The molecule has 0 spiro atoms. The molecule has 0 unspecified atom stereocenters. The predicted octanol–water partition coefficient (Wildman–Crippen LogP) is 1.83. The summed E-state index contributed by atoms with van der Waals surface area (Å²) in [4.78, 5) is 11.0. The maximum atomic E-state index is 11.0. The van der Waals surface area contributed by atoms with Crippen LogP contribution in [0.4, 0.5) is 5.69 Å². The van der Waals surface area contributed by atoms with Crippen LogP contribution in [-0.4, -0.2) is 20.1 Å². The van der Waals surface area contributed by atoms with E-state index in [1.807, 2.05) is 0 Å². The number of amides is 1. The molecule has 80 valence electrons. The molecule has 15 heavy (non-hydrogen) atoms. The summed E-state index contributed by atoms with van der Waals surface area (Å²) >= 11 is 0. The van der Waals surface area contributed by atoms with Crippen molar-refractivity contribution >= 4 is 11.6 Å². The van der Waals surface area contributed by atoms with Crippen LogP contribution in [0, 0.1) is 0 Å². The summed E-state index contributed by atoms with van der Waals surface area (Å²) in [6, 6.07) is 5.13. The molecule has 0 heterocycles. The van der Waals surface area contributed by atoms with Crippen molar-refractivity contribution in [1.29, 1.82) is 0 Å². The van der Waals surface area contributed by atoms with Crippen molar-refractivity contribution in [1.82, 2.24) is 0 Å². The number of carbonyl (C=O) groups excluding carboxylic acids is 1. The topological polar surface area (TPSA) is 47.6 Å². The summed E-state index contributed by atoms with van der Waals surface area (Å²) in [6.45, 7) is 3.37. The molecule has 0 saturated carbocycles. The van der Waals surface area contributed by atoms with Gasteiger partial charge in [0.1, 0.15) is 0 Å². The Hall–Kier alpha value is -1.97. The highest BCUT2D eigenvalue weighted by atomic mass is 16.5. The van der Waals surface area contributed by atoms with Gasteiger partial charge in [-0.15, -0.1) is 0 Å². The summed E-state index contributed by atoms with van der Waals surface area (Å²) in [5.41, 5.74) is 0.637. The van der Waals surface area contributed by atoms with Gasteiger partial charge in [-0.05, 0) is 18.2 Å². The number of benzene rings is 1. The molecule has 1 rings (SSSR count). The summed E-state index contributed by atoms with van der Waals surface area (Å²) < 4.78 is 10.2. The van der Waals surface area contributed by atoms with Crippen molar-refractivity contribution < 1.29 is 14.3 Å². The zero-order valence-electron chi connectivity index (χ0n) is 8.74. The van der Waals surface area contributed by atoms with E-state index in [1.54, 1.807) is 25.3 Å². The summed E-state index contributed by atoms with van der Waals surface area (Å²) in [6.07, 6.45) is 1.21. The lowest BCUT2D eigenvalue weighted by atomic mass is 10.2. The van der Waals surface area contributed by atoms with E-state index in [2.05, 4.69) is 11.9 Å². The van der Waals surface area contributed by atoms with Gasteiger partial charge >= 0.3 is 0 Å². The Kier molecular flexibility index (Phi) is 3.74. The Bertz CT molecular complexity index is 374. The van der Waals surface area contributed by atoms with E-state index in [0.717, 1.165) is 0 Å². The molecule has 1 amide bonds. The van der Waals surface area contributed by atoms with E-state index in [0.29, 0.717) is 17.2 Å². The predicted molar refractivity (Wildman–Crippen MR) is 58.4 cm³/mol. The van der Waals surface area contributed by atoms with Gasteiger partial charge in [-0.25, -0.2) is 0 Å². The zero-order valence-corrected chi connectivity index (χ0v) is 8.74. The minimum absolute atomic E-state index is 0.262. The van der Waals surface area contributed by atoms with Crippen LogP contribution < -0.4 is 14.8 Å². The van der Waals surface area contributed by atoms with Crippen LogP contribution in [0.2, 0.25) is 0 Å². The Morgan fingerprint density at radius 2 is 2.00 bits per heavy atom. The lowest BCUT2D eigenvalue weighted by molar-refractivity contribution is -0.111. The van der Waals surface area contributed by atoms with Gasteiger partial charge in [0.25, 0.3) is 0 Å². The second-order valence-electron chi connectivity index (χ2n) is 2.76. The largest absolute Gasteiger partial charge is 0.493 e. The zero-order chi connectivity index (χ0) is 11.3. The van der Waals surface area contributed by atoms with Gasteiger partial charge in [0.15, 0.2) is 11.5 Å². The van der Waals surface area contributed by atoms with Crippen molar-refractivity contribution in [3.8, 4) is 11.5 Å². The van der Waals surface area contributed by atoms with E-state index >= 15 is 0 Å². The maximum Gasteiger partial charge on any atom is 0.247 e. The average molecular weight is 207 g/mol. The first kappa shape index (κ1) is 11.1. The van der Waals surface area contributed by atoms with Gasteiger partial charge in [-0.1, -0.05) is 6.58 Å². The van der Waals surface area contributed by atoms with Gasteiger partial charge in [-0.3, -0.25) is 4.79 Å². The normalized spacial score (nSPS) is 9.20. The molecule has 0 bridgehead atoms. The average Bonchev–Trinajstić information content (AvgIpc) is 2.28. The second kappa shape index (κ2) is 5.05. The number of ether oxygens (including phenoxy) is 2. The summed E-state index contributed by atoms with van der Waals surface area (Å²) in [5, 5.41) is 2.63. The third-order valence-corrected chi connectivity index (χ3v) is 1.84. The number of rotatable bonds is 4.